The van der Waals surface area contributed by atoms with Gasteiger partial charge < -0.3 is 10.6 Å². The van der Waals surface area contributed by atoms with E-state index in [1.165, 1.54) is 0 Å². The highest BCUT2D eigenvalue weighted by atomic mass is 127. The minimum absolute atomic E-state index is 0. The molecule has 8 heteroatoms. The van der Waals surface area contributed by atoms with Gasteiger partial charge in [0, 0.05) is 26.2 Å². The third kappa shape index (κ3) is 14.0. The van der Waals surface area contributed by atoms with Crippen LogP contribution in [0.15, 0.2) is 4.99 Å². The van der Waals surface area contributed by atoms with Crippen molar-refractivity contribution < 1.29 is 8.42 Å². The smallest absolute Gasteiger partial charge is 0.208 e. The van der Waals surface area contributed by atoms with Crippen LogP contribution < -0.4 is 15.4 Å². The number of nitrogens with one attached hydrogen (secondary N) is 3. The molecule has 0 fully saturated rings. The maximum Gasteiger partial charge on any atom is 0.208 e. The van der Waals surface area contributed by atoms with Gasteiger partial charge in [0.1, 0.15) is 0 Å². The van der Waals surface area contributed by atoms with Crippen molar-refractivity contribution in [2.75, 3.05) is 32.4 Å². The molecule has 0 saturated carbocycles. The summed E-state index contributed by atoms with van der Waals surface area (Å²) in [7, 11) is -3.11. The maximum absolute atomic E-state index is 10.8. The third-order valence-electron chi connectivity index (χ3n) is 1.91. The van der Waals surface area contributed by atoms with Gasteiger partial charge in [0.25, 0.3) is 0 Å². The van der Waals surface area contributed by atoms with Crippen LogP contribution in [-0.2, 0) is 10.0 Å². The monoisotopic (exact) mass is 392 g/mol. The quantitative estimate of drug-likeness (QED) is 0.243. The van der Waals surface area contributed by atoms with E-state index in [2.05, 4.69) is 27.3 Å². The van der Waals surface area contributed by atoms with Gasteiger partial charge in [-0.2, -0.15) is 0 Å². The summed E-state index contributed by atoms with van der Waals surface area (Å²) in [6.45, 7) is 6.56. The van der Waals surface area contributed by atoms with Crippen molar-refractivity contribution in [1.29, 1.82) is 0 Å². The lowest BCUT2D eigenvalue weighted by Crippen LogP contribution is -2.41. The molecule has 0 heterocycles. The molecule has 0 amide bonds. The molecule has 0 bridgehead atoms. The Morgan fingerprint density at radius 3 is 2.33 bits per heavy atom. The molecule has 0 spiro atoms. The number of sulfonamides is 1. The van der Waals surface area contributed by atoms with Crippen molar-refractivity contribution in [3.05, 3.63) is 0 Å². The SMILES string of the molecule is CCCCN=C(NCC)NCCNS(C)(=O)=O.I. The standard InChI is InChI=1S/C10H24N4O2S.HI/c1-4-6-7-12-10(11-5-2)13-8-9-14-17(3,15)16;/h14H,4-9H2,1-3H3,(H2,11,12,13);1H. The summed E-state index contributed by atoms with van der Waals surface area (Å²) < 4.78 is 24.1. The molecule has 0 aliphatic rings. The molecule has 18 heavy (non-hydrogen) atoms. The summed E-state index contributed by atoms with van der Waals surface area (Å²) in [6.07, 6.45) is 3.31. The molecule has 0 aromatic rings. The molecule has 0 aromatic heterocycles. The Hall–Kier alpha value is -0.0900. The second kappa shape index (κ2) is 12.0. The van der Waals surface area contributed by atoms with E-state index in [-0.39, 0.29) is 24.0 Å². The molecule has 0 rings (SSSR count). The van der Waals surface area contributed by atoms with E-state index in [1.807, 2.05) is 6.92 Å². The number of hydrogen-bond donors (Lipinski definition) is 3. The molecular formula is C10H25IN4O2S. The van der Waals surface area contributed by atoms with E-state index >= 15 is 0 Å². The Morgan fingerprint density at radius 2 is 1.83 bits per heavy atom. The summed E-state index contributed by atoms with van der Waals surface area (Å²) >= 11 is 0. The van der Waals surface area contributed by atoms with Gasteiger partial charge in [-0.25, -0.2) is 13.1 Å². The predicted molar refractivity (Wildman–Crippen MR) is 87.2 cm³/mol. The summed E-state index contributed by atoms with van der Waals surface area (Å²) in [5.41, 5.74) is 0. The minimum Gasteiger partial charge on any atom is -0.357 e. The number of guanidine groups is 1. The Balaban J connectivity index is 0. The lowest BCUT2D eigenvalue weighted by atomic mass is 10.3. The van der Waals surface area contributed by atoms with Gasteiger partial charge in [-0.3, -0.25) is 4.99 Å². The van der Waals surface area contributed by atoms with Crippen LogP contribution in [0.3, 0.4) is 0 Å². The Morgan fingerprint density at radius 1 is 1.17 bits per heavy atom. The Bertz CT molecular complexity index is 320. The molecule has 0 radical (unpaired) electrons. The molecule has 110 valence electrons. The molecule has 0 saturated heterocycles. The van der Waals surface area contributed by atoms with Gasteiger partial charge in [0.05, 0.1) is 6.26 Å². The molecule has 0 atom stereocenters. The van der Waals surface area contributed by atoms with Crippen molar-refractivity contribution in [2.45, 2.75) is 26.7 Å². The normalized spacial score (nSPS) is 11.8. The minimum atomic E-state index is -3.11. The van der Waals surface area contributed by atoms with Gasteiger partial charge in [-0.1, -0.05) is 13.3 Å². The lowest BCUT2D eigenvalue weighted by Gasteiger charge is -2.11. The molecular weight excluding hydrogens is 367 g/mol. The van der Waals surface area contributed by atoms with E-state index in [0.717, 1.165) is 38.1 Å². The van der Waals surface area contributed by atoms with Crippen LogP contribution in [0.5, 0.6) is 0 Å². The molecule has 3 N–H and O–H groups in total. The second-order valence-corrected chi connectivity index (χ2v) is 5.54. The first-order valence-electron chi connectivity index (χ1n) is 5.96. The van der Waals surface area contributed by atoms with Crippen LogP contribution in [0.1, 0.15) is 26.7 Å². The van der Waals surface area contributed by atoms with Crippen molar-refractivity contribution in [3.63, 3.8) is 0 Å². The fourth-order valence-corrected chi connectivity index (χ4v) is 1.58. The zero-order valence-electron chi connectivity index (χ0n) is 11.3. The van der Waals surface area contributed by atoms with E-state index in [4.69, 9.17) is 0 Å². The zero-order valence-corrected chi connectivity index (χ0v) is 14.5. The fourth-order valence-electron chi connectivity index (χ4n) is 1.11. The number of halogens is 1. The molecule has 0 aromatic carbocycles. The van der Waals surface area contributed by atoms with Gasteiger partial charge in [0.2, 0.25) is 10.0 Å². The van der Waals surface area contributed by atoms with Gasteiger partial charge >= 0.3 is 0 Å². The summed E-state index contributed by atoms with van der Waals surface area (Å²) in [5.74, 6) is 0.733. The van der Waals surface area contributed by atoms with Crippen LogP contribution in [0.4, 0.5) is 0 Å². The highest BCUT2D eigenvalue weighted by Crippen LogP contribution is 1.86. The second-order valence-electron chi connectivity index (χ2n) is 3.71. The third-order valence-corrected chi connectivity index (χ3v) is 2.64. The fraction of sp³-hybridized carbons (Fsp3) is 0.900. The van der Waals surface area contributed by atoms with Gasteiger partial charge in [0.15, 0.2) is 5.96 Å². The number of aliphatic imine (C=N–C) groups is 1. The Kier molecular flexibility index (Phi) is 13.5. The molecule has 0 aliphatic heterocycles. The van der Waals surface area contributed by atoms with Crippen molar-refractivity contribution >= 4 is 40.0 Å². The number of nitrogens with zero attached hydrogens (tertiary/aromatic N) is 1. The predicted octanol–water partition coefficient (Wildman–Crippen LogP) is 0.509. The first-order valence-corrected chi connectivity index (χ1v) is 7.85. The van der Waals surface area contributed by atoms with Crippen molar-refractivity contribution in [2.24, 2.45) is 4.99 Å². The first kappa shape index (κ1) is 20.2. The number of rotatable bonds is 8. The highest BCUT2D eigenvalue weighted by Gasteiger charge is 2.00. The topological polar surface area (TPSA) is 82.6 Å². The average Bonchev–Trinajstić information content (AvgIpc) is 2.23. The molecule has 0 aliphatic carbocycles. The van der Waals surface area contributed by atoms with Crippen LogP contribution >= 0.6 is 24.0 Å². The van der Waals surface area contributed by atoms with Crippen LogP contribution in [0.25, 0.3) is 0 Å². The Labute approximate surface area is 127 Å². The largest absolute Gasteiger partial charge is 0.357 e. The van der Waals surface area contributed by atoms with E-state index in [0.29, 0.717) is 13.1 Å². The van der Waals surface area contributed by atoms with E-state index < -0.39 is 10.0 Å². The maximum atomic E-state index is 10.8. The van der Waals surface area contributed by atoms with Crippen LogP contribution in [0.2, 0.25) is 0 Å². The van der Waals surface area contributed by atoms with Crippen molar-refractivity contribution in [3.8, 4) is 0 Å². The molecule has 0 unspecified atom stereocenters. The summed E-state index contributed by atoms with van der Waals surface area (Å²) in [6, 6.07) is 0. The lowest BCUT2D eigenvalue weighted by molar-refractivity contribution is 0.586. The van der Waals surface area contributed by atoms with Crippen LogP contribution in [0, 0.1) is 0 Å². The highest BCUT2D eigenvalue weighted by molar-refractivity contribution is 14.0. The molecule has 6 nitrogen and oxygen atoms in total. The average molecular weight is 392 g/mol. The first-order chi connectivity index (χ1) is 7.99. The zero-order chi connectivity index (χ0) is 13.1. The summed E-state index contributed by atoms with van der Waals surface area (Å²) in [5, 5.41) is 6.16. The van der Waals surface area contributed by atoms with E-state index in [1.54, 1.807) is 0 Å². The van der Waals surface area contributed by atoms with Gasteiger partial charge in [-0.15, -0.1) is 24.0 Å². The van der Waals surface area contributed by atoms with Crippen molar-refractivity contribution in [1.82, 2.24) is 15.4 Å². The number of unbranched alkanes of at least 4 members (excludes halogenated alkanes) is 1. The van der Waals surface area contributed by atoms with Gasteiger partial charge in [-0.05, 0) is 13.3 Å². The van der Waals surface area contributed by atoms with Crippen LogP contribution in [-0.4, -0.2) is 46.8 Å². The van der Waals surface area contributed by atoms with E-state index in [9.17, 15) is 8.42 Å². The number of hydrogen-bond acceptors (Lipinski definition) is 3. The summed E-state index contributed by atoms with van der Waals surface area (Å²) in [4.78, 5) is 4.35.